The number of likely N-dealkylation sites (tertiary alicyclic amines) is 1. The second-order valence-electron chi connectivity index (χ2n) is 10.0. The van der Waals surface area contributed by atoms with Crippen molar-refractivity contribution in [3.05, 3.63) is 0 Å². The number of hydrogen-bond acceptors (Lipinski definition) is 3. The quantitative estimate of drug-likeness (QED) is 0.818. The lowest BCUT2D eigenvalue weighted by atomic mass is 9.53. The van der Waals surface area contributed by atoms with Gasteiger partial charge >= 0.3 is 6.03 Å². The van der Waals surface area contributed by atoms with Crippen molar-refractivity contribution in [3.63, 3.8) is 0 Å². The van der Waals surface area contributed by atoms with Gasteiger partial charge in [0.25, 0.3) is 0 Å². The van der Waals surface area contributed by atoms with E-state index >= 15 is 0 Å². The highest BCUT2D eigenvalue weighted by Crippen LogP contribution is 2.55. The van der Waals surface area contributed by atoms with E-state index in [1.807, 2.05) is 0 Å². The molecule has 1 aliphatic heterocycles. The smallest absolute Gasteiger partial charge is 0.317 e. The van der Waals surface area contributed by atoms with Crippen molar-refractivity contribution in [2.24, 2.45) is 17.8 Å². The summed E-state index contributed by atoms with van der Waals surface area (Å²) in [6, 6.07) is -0.0120. The second-order valence-corrected chi connectivity index (χ2v) is 12.5. The average Bonchev–Trinajstić information content (AvgIpc) is 2.52. The molecule has 1 saturated heterocycles. The van der Waals surface area contributed by atoms with Crippen LogP contribution in [0, 0.1) is 17.8 Å². The molecule has 6 aliphatic rings. The normalized spacial score (nSPS) is 40.5. The van der Waals surface area contributed by atoms with Crippen LogP contribution in [0.2, 0.25) is 0 Å². The molecule has 0 unspecified atom stereocenters. The van der Waals surface area contributed by atoms with Gasteiger partial charge in [-0.1, -0.05) is 19.3 Å². The van der Waals surface area contributed by atoms with Crippen molar-refractivity contribution in [3.8, 4) is 0 Å². The minimum Gasteiger partial charge on any atom is -0.333 e. The molecule has 6 fully saturated rings. The number of sulfone groups is 1. The zero-order chi connectivity index (χ0) is 17.9. The molecule has 1 heterocycles. The number of carbonyl (C=O) groups is 1. The van der Waals surface area contributed by atoms with Crippen LogP contribution in [0.25, 0.3) is 0 Å². The molecular weight excluding hydrogens is 348 g/mol. The molecule has 6 heteroatoms. The van der Waals surface area contributed by atoms with Crippen molar-refractivity contribution in [2.75, 3.05) is 13.1 Å². The van der Waals surface area contributed by atoms with Gasteiger partial charge in [-0.2, -0.15) is 0 Å². The summed E-state index contributed by atoms with van der Waals surface area (Å²) in [5.74, 6) is 2.41. The van der Waals surface area contributed by atoms with Crippen LogP contribution in [0.15, 0.2) is 0 Å². The predicted octanol–water partition coefficient (Wildman–Crippen LogP) is 3.10. The number of amides is 2. The van der Waals surface area contributed by atoms with E-state index in [0.29, 0.717) is 13.1 Å². The van der Waals surface area contributed by atoms with Gasteiger partial charge in [0.15, 0.2) is 9.84 Å². The predicted molar refractivity (Wildman–Crippen MR) is 101 cm³/mol. The summed E-state index contributed by atoms with van der Waals surface area (Å²) >= 11 is 0. The first-order valence-electron chi connectivity index (χ1n) is 10.7. The first-order chi connectivity index (χ1) is 12.4. The molecule has 0 aromatic rings. The number of nitrogens with zero attached hydrogens (tertiary/aromatic N) is 1. The maximum atomic E-state index is 12.8. The molecule has 0 aromatic carbocycles. The van der Waals surface area contributed by atoms with Crippen molar-refractivity contribution >= 4 is 15.9 Å². The lowest BCUT2D eigenvalue weighted by molar-refractivity contribution is -0.0166. The first kappa shape index (κ1) is 17.3. The third kappa shape index (κ3) is 2.87. The van der Waals surface area contributed by atoms with Crippen molar-refractivity contribution in [1.82, 2.24) is 10.2 Å². The molecule has 6 rings (SSSR count). The van der Waals surface area contributed by atoms with E-state index < -0.39 is 9.84 Å². The summed E-state index contributed by atoms with van der Waals surface area (Å²) < 4.78 is 25.6. The van der Waals surface area contributed by atoms with Crippen LogP contribution in [0.4, 0.5) is 4.79 Å². The number of nitrogens with one attached hydrogen (secondary N) is 1. The van der Waals surface area contributed by atoms with Crippen LogP contribution in [0.5, 0.6) is 0 Å². The highest BCUT2D eigenvalue weighted by Gasteiger charge is 2.52. The van der Waals surface area contributed by atoms with Crippen LogP contribution in [-0.2, 0) is 9.84 Å². The lowest BCUT2D eigenvalue weighted by Gasteiger charge is -2.57. The number of urea groups is 1. The molecule has 5 saturated carbocycles. The Hall–Kier alpha value is -0.780. The molecule has 26 heavy (non-hydrogen) atoms. The molecule has 1 N–H and O–H groups in total. The van der Waals surface area contributed by atoms with Gasteiger partial charge in [-0.05, 0) is 69.1 Å². The van der Waals surface area contributed by atoms with E-state index in [2.05, 4.69) is 5.32 Å². The fourth-order valence-electron chi connectivity index (χ4n) is 7.05. The second kappa shape index (κ2) is 6.11. The summed E-state index contributed by atoms with van der Waals surface area (Å²) in [6.45, 7) is 0.800. The summed E-state index contributed by atoms with van der Waals surface area (Å²) in [6.07, 6.45) is 12.4. The van der Waals surface area contributed by atoms with E-state index in [-0.39, 0.29) is 22.1 Å². The highest BCUT2D eigenvalue weighted by atomic mass is 32.2. The number of hydrogen-bond donors (Lipinski definition) is 1. The van der Waals surface area contributed by atoms with E-state index in [9.17, 15) is 13.2 Å². The van der Waals surface area contributed by atoms with Crippen molar-refractivity contribution in [2.45, 2.75) is 86.7 Å². The van der Waals surface area contributed by atoms with Gasteiger partial charge in [0.05, 0.1) is 10.5 Å². The highest BCUT2D eigenvalue weighted by molar-refractivity contribution is 7.92. The monoisotopic (exact) mass is 380 g/mol. The Bertz CT molecular complexity index is 642. The topological polar surface area (TPSA) is 66.5 Å². The molecule has 0 aromatic heterocycles. The molecule has 5 nitrogen and oxygen atoms in total. The van der Waals surface area contributed by atoms with Gasteiger partial charge in [-0.3, -0.25) is 0 Å². The summed E-state index contributed by atoms with van der Waals surface area (Å²) in [5, 5.41) is 2.89. The summed E-state index contributed by atoms with van der Waals surface area (Å²) in [4.78, 5) is 14.5. The van der Waals surface area contributed by atoms with Gasteiger partial charge in [-0.15, -0.1) is 0 Å². The standard InChI is InChI=1S/C20H32N2O3S/c23-19(21-20-9-14-6-15(10-20)8-16(7-14)11-20)22-12-18(13-22)26(24,25)17-4-2-1-3-5-17/h14-18H,1-13H2,(H,21,23). The molecule has 2 amide bonds. The van der Waals surface area contributed by atoms with E-state index in [1.54, 1.807) is 4.90 Å². The van der Waals surface area contributed by atoms with Gasteiger partial charge in [-0.25, -0.2) is 13.2 Å². The molecule has 4 bridgehead atoms. The minimum absolute atomic E-state index is 0.0120. The third-order valence-corrected chi connectivity index (χ3v) is 10.7. The fraction of sp³-hybridized carbons (Fsp3) is 0.950. The molecule has 5 aliphatic carbocycles. The Balaban J connectivity index is 1.18. The number of rotatable bonds is 3. The molecular formula is C20H32N2O3S. The number of carbonyl (C=O) groups excluding carboxylic acids is 1. The Morgan fingerprint density at radius 3 is 1.92 bits per heavy atom. The van der Waals surface area contributed by atoms with Gasteiger partial charge < -0.3 is 10.2 Å². The van der Waals surface area contributed by atoms with E-state index in [1.165, 1.54) is 19.3 Å². The Morgan fingerprint density at radius 1 is 0.846 bits per heavy atom. The average molecular weight is 381 g/mol. The maximum Gasteiger partial charge on any atom is 0.317 e. The van der Waals surface area contributed by atoms with Crippen LogP contribution < -0.4 is 5.32 Å². The van der Waals surface area contributed by atoms with Crippen LogP contribution in [-0.4, -0.2) is 48.5 Å². The Morgan fingerprint density at radius 2 is 1.38 bits per heavy atom. The SMILES string of the molecule is O=C(NC12CC3CC(CC(C3)C1)C2)N1CC(S(=O)(=O)C2CCCCC2)C1. The molecule has 0 radical (unpaired) electrons. The maximum absolute atomic E-state index is 12.8. The zero-order valence-corrected chi connectivity index (χ0v) is 16.5. The van der Waals surface area contributed by atoms with Crippen molar-refractivity contribution < 1.29 is 13.2 Å². The minimum atomic E-state index is -3.07. The summed E-state index contributed by atoms with van der Waals surface area (Å²) in [7, 11) is -3.07. The van der Waals surface area contributed by atoms with Crippen LogP contribution in [0.3, 0.4) is 0 Å². The van der Waals surface area contributed by atoms with Gasteiger partial charge in [0.2, 0.25) is 0 Å². The Kier molecular flexibility index (Phi) is 4.07. The third-order valence-electron chi connectivity index (χ3n) is 8.03. The largest absolute Gasteiger partial charge is 0.333 e. The molecule has 0 spiro atoms. The first-order valence-corrected chi connectivity index (χ1v) is 12.3. The fourth-order valence-corrected chi connectivity index (χ4v) is 9.36. The lowest BCUT2D eigenvalue weighted by Crippen LogP contribution is -2.66. The van der Waals surface area contributed by atoms with Gasteiger partial charge in [0.1, 0.15) is 0 Å². The zero-order valence-electron chi connectivity index (χ0n) is 15.7. The van der Waals surface area contributed by atoms with Crippen LogP contribution in [0.1, 0.15) is 70.6 Å². The van der Waals surface area contributed by atoms with Crippen molar-refractivity contribution in [1.29, 1.82) is 0 Å². The van der Waals surface area contributed by atoms with Crippen LogP contribution >= 0.6 is 0 Å². The van der Waals surface area contributed by atoms with Gasteiger partial charge in [0, 0.05) is 18.6 Å². The van der Waals surface area contributed by atoms with E-state index in [4.69, 9.17) is 0 Å². The Labute approximate surface area is 157 Å². The molecule has 0 atom stereocenters. The van der Waals surface area contributed by atoms with E-state index in [0.717, 1.165) is 69.1 Å². The molecule has 146 valence electrons. The summed E-state index contributed by atoms with van der Waals surface area (Å²) in [5.41, 5.74) is 0.0131.